The molecule has 0 aliphatic heterocycles. The van der Waals surface area contributed by atoms with Crippen molar-refractivity contribution in [2.45, 2.75) is 32.2 Å². The van der Waals surface area contributed by atoms with Gasteiger partial charge in [0.1, 0.15) is 5.75 Å². The quantitative estimate of drug-likeness (QED) is 0.743. The molecular formula is C18H23NO. The maximum atomic E-state index is 9.33. The Hall–Kier alpha value is -1.80. The molecule has 0 aliphatic rings. The Labute approximate surface area is 121 Å². The van der Waals surface area contributed by atoms with E-state index in [0.717, 1.165) is 25.8 Å². The van der Waals surface area contributed by atoms with Gasteiger partial charge in [0.05, 0.1) is 0 Å². The second-order valence-corrected chi connectivity index (χ2v) is 5.10. The number of hydrogen-bond donors (Lipinski definition) is 2. The van der Waals surface area contributed by atoms with Gasteiger partial charge in [-0.15, -0.1) is 0 Å². The molecule has 2 rings (SSSR count). The van der Waals surface area contributed by atoms with Crippen molar-refractivity contribution in [2.75, 3.05) is 6.54 Å². The summed E-state index contributed by atoms with van der Waals surface area (Å²) in [6, 6.07) is 18.5. The Bertz CT molecular complexity index is 493. The normalized spacial score (nSPS) is 12.2. The highest BCUT2D eigenvalue weighted by molar-refractivity contribution is 5.28. The van der Waals surface area contributed by atoms with E-state index in [1.807, 2.05) is 12.1 Å². The molecule has 2 nitrogen and oxygen atoms in total. The lowest BCUT2D eigenvalue weighted by Crippen LogP contribution is -2.22. The molecular weight excluding hydrogens is 246 g/mol. The van der Waals surface area contributed by atoms with Crippen LogP contribution < -0.4 is 5.32 Å². The van der Waals surface area contributed by atoms with Gasteiger partial charge in [0.25, 0.3) is 0 Å². The molecule has 0 heterocycles. The van der Waals surface area contributed by atoms with E-state index in [1.54, 1.807) is 12.1 Å². The molecule has 0 fully saturated rings. The second kappa shape index (κ2) is 7.71. The highest BCUT2D eigenvalue weighted by atomic mass is 16.3. The van der Waals surface area contributed by atoms with E-state index in [9.17, 15) is 5.11 Å². The van der Waals surface area contributed by atoms with Crippen LogP contribution in [0.15, 0.2) is 54.6 Å². The lowest BCUT2D eigenvalue weighted by Gasteiger charge is -2.17. The highest BCUT2D eigenvalue weighted by Gasteiger charge is 2.07. The van der Waals surface area contributed by atoms with Crippen LogP contribution in [0.4, 0.5) is 0 Å². The third-order valence-electron chi connectivity index (χ3n) is 3.58. The number of benzene rings is 2. The second-order valence-electron chi connectivity index (χ2n) is 5.10. The van der Waals surface area contributed by atoms with E-state index in [0.29, 0.717) is 11.8 Å². The smallest absolute Gasteiger partial charge is 0.115 e. The maximum absolute atomic E-state index is 9.33. The molecule has 0 aromatic heterocycles. The maximum Gasteiger partial charge on any atom is 0.115 e. The summed E-state index contributed by atoms with van der Waals surface area (Å²) < 4.78 is 0. The van der Waals surface area contributed by atoms with Gasteiger partial charge in [-0.05, 0) is 49.1 Å². The van der Waals surface area contributed by atoms with Crippen LogP contribution in [0.25, 0.3) is 0 Å². The first kappa shape index (κ1) is 14.6. The van der Waals surface area contributed by atoms with Gasteiger partial charge in [-0.25, -0.2) is 0 Å². The molecule has 0 saturated heterocycles. The highest BCUT2D eigenvalue weighted by Crippen LogP contribution is 2.19. The molecule has 0 bridgehead atoms. The van der Waals surface area contributed by atoms with E-state index in [1.165, 1.54) is 11.1 Å². The molecule has 2 heteroatoms. The molecule has 20 heavy (non-hydrogen) atoms. The average Bonchev–Trinajstić information content (AvgIpc) is 2.50. The summed E-state index contributed by atoms with van der Waals surface area (Å²) in [7, 11) is 0. The predicted octanol–water partition coefficient (Wildman–Crippen LogP) is 4.07. The molecule has 1 unspecified atom stereocenters. The van der Waals surface area contributed by atoms with Crippen LogP contribution in [0.3, 0.4) is 0 Å². The Balaban J connectivity index is 1.78. The number of phenols is 1. The van der Waals surface area contributed by atoms with Crippen molar-refractivity contribution in [3.63, 3.8) is 0 Å². The third kappa shape index (κ3) is 4.39. The zero-order chi connectivity index (χ0) is 14.2. The van der Waals surface area contributed by atoms with Crippen LogP contribution >= 0.6 is 0 Å². The number of hydrogen-bond acceptors (Lipinski definition) is 2. The van der Waals surface area contributed by atoms with Crippen LogP contribution in [0.1, 0.15) is 36.9 Å². The molecule has 0 saturated carbocycles. The van der Waals surface area contributed by atoms with E-state index < -0.39 is 0 Å². The van der Waals surface area contributed by atoms with Crippen molar-refractivity contribution in [1.82, 2.24) is 5.32 Å². The first-order valence-corrected chi connectivity index (χ1v) is 7.36. The minimum Gasteiger partial charge on any atom is -0.508 e. The summed E-state index contributed by atoms with van der Waals surface area (Å²) in [5.74, 6) is 0.327. The number of aromatic hydroxyl groups is 1. The third-order valence-corrected chi connectivity index (χ3v) is 3.58. The topological polar surface area (TPSA) is 32.3 Å². The Morgan fingerprint density at radius 2 is 1.70 bits per heavy atom. The largest absolute Gasteiger partial charge is 0.508 e. The molecule has 0 aliphatic carbocycles. The van der Waals surface area contributed by atoms with Crippen molar-refractivity contribution >= 4 is 0 Å². The Kier molecular flexibility index (Phi) is 5.63. The Morgan fingerprint density at radius 1 is 1.00 bits per heavy atom. The SMILES string of the molecule is CCC(NCCCc1ccccc1)c1ccc(O)cc1. The van der Waals surface area contributed by atoms with Crippen LogP contribution in [0.2, 0.25) is 0 Å². The van der Waals surface area contributed by atoms with Gasteiger partial charge in [-0.1, -0.05) is 49.4 Å². The zero-order valence-electron chi connectivity index (χ0n) is 12.0. The van der Waals surface area contributed by atoms with E-state index in [2.05, 4.69) is 42.6 Å². The summed E-state index contributed by atoms with van der Waals surface area (Å²) >= 11 is 0. The van der Waals surface area contributed by atoms with Gasteiger partial charge in [-0.3, -0.25) is 0 Å². The van der Waals surface area contributed by atoms with Crippen LogP contribution in [0.5, 0.6) is 5.75 Å². The fourth-order valence-corrected chi connectivity index (χ4v) is 2.42. The molecule has 106 valence electrons. The van der Waals surface area contributed by atoms with Crippen molar-refractivity contribution in [2.24, 2.45) is 0 Å². The molecule has 2 aromatic rings. The van der Waals surface area contributed by atoms with Crippen molar-refractivity contribution in [3.05, 3.63) is 65.7 Å². The first-order valence-electron chi connectivity index (χ1n) is 7.36. The first-order chi connectivity index (χ1) is 9.79. The fourth-order valence-electron chi connectivity index (χ4n) is 2.42. The van der Waals surface area contributed by atoms with E-state index in [-0.39, 0.29) is 0 Å². The van der Waals surface area contributed by atoms with Gasteiger partial charge in [0.15, 0.2) is 0 Å². The van der Waals surface area contributed by atoms with Crippen molar-refractivity contribution < 1.29 is 5.11 Å². The van der Waals surface area contributed by atoms with Gasteiger partial charge in [0, 0.05) is 6.04 Å². The molecule has 2 aromatic carbocycles. The summed E-state index contributed by atoms with van der Waals surface area (Å²) in [5, 5.41) is 12.9. The van der Waals surface area contributed by atoms with E-state index >= 15 is 0 Å². The van der Waals surface area contributed by atoms with Gasteiger partial charge in [-0.2, -0.15) is 0 Å². The molecule has 0 spiro atoms. The van der Waals surface area contributed by atoms with Crippen molar-refractivity contribution in [1.29, 1.82) is 0 Å². The van der Waals surface area contributed by atoms with Gasteiger partial charge < -0.3 is 10.4 Å². The lowest BCUT2D eigenvalue weighted by molar-refractivity contribution is 0.473. The zero-order valence-corrected chi connectivity index (χ0v) is 12.0. The number of phenolic OH excluding ortho intramolecular Hbond substituents is 1. The number of nitrogens with one attached hydrogen (secondary N) is 1. The van der Waals surface area contributed by atoms with Gasteiger partial charge >= 0.3 is 0 Å². The minimum atomic E-state index is 0.327. The molecule has 2 N–H and O–H groups in total. The Morgan fingerprint density at radius 3 is 2.35 bits per heavy atom. The summed E-state index contributed by atoms with van der Waals surface area (Å²) in [4.78, 5) is 0. The molecule has 0 radical (unpaired) electrons. The standard InChI is InChI=1S/C18H23NO/c1-2-18(16-10-12-17(20)13-11-16)19-14-6-9-15-7-4-3-5-8-15/h3-5,7-8,10-13,18-20H,2,6,9,14H2,1H3. The van der Waals surface area contributed by atoms with Crippen LogP contribution in [0, 0.1) is 0 Å². The minimum absolute atomic E-state index is 0.327. The summed E-state index contributed by atoms with van der Waals surface area (Å²) in [6.45, 7) is 3.19. The van der Waals surface area contributed by atoms with Crippen LogP contribution in [-0.2, 0) is 6.42 Å². The predicted molar refractivity (Wildman–Crippen MR) is 83.9 cm³/mol. The van der Waals surface area contributed by atoms with Crippen molar-refractivity contribution in [3.8, 4) is 5.75 Å². The summed E-state index contributed by atoms with van der Waals surface area (Å²) in [5.41, 5.74) is 2.64. The van der Waals surface area contributed by atoms with E-state index in [4.69, 9.17) is 0 Å². The number of aryl methyl sites for hydroxylation is 1. The molecule has 0 amide bonds. The lowest BCUT2D eigenvalue weighted by atomic mass is 10.0. The van der Waals surface area contributed by atoms with Gasteiger partial charge in [0.2, 0.25) is 0 Å². The number of rotatable bonds is 7. The fraction of sp³-hybridized carbons (Fsp3) is 0.333. The average molecular weight is 269 g/mol. The molecule has 1 atom stereocenters. The van der Waals surface area contributed by atoms with Crippen LogP contribution in [-0.4, -0.2) is 11.7 Å². The summed E-state index contributed by atoms with van der Waals surface area (Å²) in [6.07, 6.45) is 3.30. The monoisotopic (exact) mass is 269 g/mol.